The molecule has 0 fully saturated rings. The van der Waals surface area contributed by atoms with Crippen LogP contribution in [0.4, 0.5) is 4.39 Å². The number of rotatable bonds is 0. The Morgan fingerprint density at radius 3 is 2.89 bits per heavy atom. The zero-order valence-corrected chi connectivity index (χ0v) is 10.7. The summed E-state index contributed by atoms with van der Waals surface area (Å²) in [5.41, 5.74) is 2.76. The topological polar surface area (TPSA) is 41.1 Å². The van der Waals surface area contributed by atoms with Gasteiger partial charge in [-0.1, -0.05) is 13.8 Å². The average Bonchev–Trinajstić information content (AvgIpc) is 2.75. The van der Waals surface area contributed by atoms with E-state index in [0.717, 1.165) is 16.9 Å². The lowest BCUT2D eigenvalue weighted by molar-refractivity contribution is 0.485. The molecule has 0 bridgehead atoms. The first-order valence-corrected chi connectivity index (χ1v) is 6.03. The predicted octanol–water partition coefficient (Wildman–Crippen LogP) is 3.07. The van der Waals surface area contributed by atoms with Gasteiger partial charge in [0.15, 0.2) is 0 Å². The smallest absolute Gasteiger partial charge is 0.131 e. The minimum Gasteiger partial charge on any atom is -0.236 e. The van der Waals surface area contributed by atoms with Crippen molar-refractivity contribution in [2.45, 2.75) is 38.5 Å². The number of aromatic nitrogens is 2. The fourth-order valence-electron chi connectivity index (χ4n) is 3.04. The van der Waals surface area contributed by atoms with E-state index >= 15 is 0 Å². The minimum atomic E-state index is -0.371. The largest absolute Gasteiger partial charge is 0.236 e. The summed E-state index contributed by atoms with van der Waals surface area (Å²) in [5, 5.41) is 13.6. The summed E-state index contributed by atoms with van der Waals surface area (Å²) in [6.45, 7) is 5.97. The molecule has 0 aliphatic heterocycles. The van der Waals surface area contributed by atoms with Gasteiger partial charge in [-0.2, -0.15) is 10.4 Å². The summed E-state index contributed by atoms with van der Waals surface area (Å²) in [5.74, 6) is -0.654. The second-order valence-electron chi connectivity index (χ2n) is 5.65. The van der Waals surface area contributed by atoms with Crippen LogP contribution in [0.15, 0.2) is 12.1 Å². The van der Waals surface area contributed by atoms with Gasteiger partial charge >= 0.3 is 0 Å². The third-order valence-corrected chi connectivity index (χ3v) is 3.72. The zero-order chi connectivity index (χ0) is 13.1. The van der Waals surface area contributed by atoms with Crippen LogP contribution in [-0.2, 0) is 5.41 Å². The number of nitrogens with zero attached hydrogens (tertiary/aromatic N) is 3. The van der Waals surface area contributed by atoms with Gasteiger partial charge in [-0.3, -0.25) is 0 Å². The molecular weight excluding hydrogens is 229 g/mol. The molecule has 1 atom stereocenters. The van der Waals surface area contributed by atoms with Gasteiger partial charge in [-0.25, -0.2) is 8.91 Å². The Labute approximate surface area is 105 Å². The van der Waals surface area contributed by atoms with Crippen LogP contribution in [0.5, 0.6) is 0 Å². The first-order valence-electron chi connectivity index (χ1n) is 6.03. The van der Waals surface area contributed by atoms with Gasteiger partial charge < -0.3 is 0 Å². The van der Waals surface area contributed by atoms with E-state index in [4.69, 9.17) is 0 Å². The molecule has 92 valence electrons. The fourth-order valence-corrected chi connectivity index (χ4v) is 3.04. The lowest BCUT2D eigenvalue weighted by Gasteiger charge is -2.19. The number of hydrogen-bond acceptors (Lipinski definition) is 2. The predicted molar refractivity (Wildman–Crippen MR) is 65.9 cm³/mol. The van der Waals surface area contributed by atoms with Gasteiger partial charge in [0.1, 0.15) is 5.82 Å². The average molecular weight is 243 g/mol. The Bertz CT molecular complexity index is 691. The van der Waals surface area contributed by atoms with Crippen LogP contribution in [0.3, 0.4) is 0 Å². The highest BCUT2D eigenvalue weighted by Gasteiger charge is 2.41. The molecule has 18 heavy (non-hydrogen) atoms. The molecule has 0 radical (unpaired) electrons. The number of aryl methyl sites for hydroxylation is 1. The molecule has 1 aliphatic rings. The maximum absolute atomic E-state index is 14.2. The summed E-state index contributed by atoms with van der Waals surface area (Å²) < 4.78 is 16.0. The number of fused-ring (bicyclic) bond motifs is 3. The van der Waals surface area contributed by atoms with Crippen molar-refractivity contribution in [3.05, 3.63) is 34.9 Å². The Morgan fingerprint density at radius 1 is 1.50 bits per heavy atom. The van der Waals surface area contributed by atoms with E-state index in [1.807, 2.05) is 26.8 Å². The molecule has 0 amide bonds. The monoisotopic (exact) mass is 243 g/mol. The van der Waals surface area contributed by atoms with Crippen LogP contribution in [0.1, 0.15) is 43.1 Å². The third-order valence-electron chi connectivity index (χ3n) is 3.72. The number of hydrogen-bond donors (Lipinski definition) is 0. The Morgan fingerprint density at radius 2 is 2.22 bits per heavy atom. The van der Waals surface area contributed by atoms with Crippen molar-refractivity contribution >= 4 is 5.52 Å². The van der Waals surface area contributed by atoms with E-state index in [1.165, 1.54) is 6.07 Å². The minimum absolute atomic E-state index is 0.228. The van der Waals surface area contributed by atoms with E-state index < -0.39 is 0 Å². The van der Waals surface area contributed by atoms with Crippen LogP contribution < -0.4 is 0 Å². The number of pyridine rings is 1. The second-order valence-corrected chi connectivity index (χ2v) is 5.65. The van der Waals surface area contributed by atoms with Crippen molar-refractivity contribution in [3.63, 3.8) is 0 Å². The van der Waals surface area contributed by atoms with E-state index in [-0.39, 0.29) is 17.2 Å². The van der Waals surface area contributed by atoms with Gasteiger partial charge in [0.2, 0.25) is 0 Å². The zero-order valence-electron chi connectivity index (χ0n) is 10.7. The van der Waals surface area contributed by atoms with Gasteiger partial charge in [0.05, 0.1) is 28.9 Å². The summed E-state index contributed by atoms with van der Waals surface area (Å²) in [6, 6.07) is 5.54. The third kappa shape index (κ3) is 1.30. The molecule has 3 rings (SSSR count). The van der Waals surface area contributed by atoms with Crippen molar-refractivity contribution in [1.82, 2.24) is 9.61 Å². The van der Waals surface area contributed by atoms with Crippen molar-refractivity contribution < 1.29 is 4.39 Å². The van der Waals surface area contributed by atoms with E-state index in [0.29, 0.717) is 12.0 Å². The molecule has 0 saturated heterocycles. The summed E-state index contributed by atoms with van der Waals surface area (Å²) in [6.07, 6.45) is 0.647. The van der Waals surface area contributed by atoms with Gasteiger partial charge in [0.25, 0.3) is 0 Å². The quantitative estimate of drug-likeness (QED) is 0.713. The van der Waals surface area contributed by atoms with Crippen LogP contribution in [-0.4, -0.2) is 9.61 Å². The highest BCUT2D eigenvalue weighted by Crippen LogP contribution is 2.46. The molecule has 4 heteroatoms. The first kappa shape index (κ1) is 11.2. The van der Waals surface area contributed by atoms with Crippen LogP contribution in [0, 0.1) is 24.1 Å². The normalized spacial score (nSPS) is 20.9. The molecule has 2 heterocycles. The molecule has 2 aromatic heterocycles. The first-order chi connectivity index (χ1) is 8.44. The number of nitriles is 1. The summed E-state index contributed by atoms with van der Waals surface area (Å²) >= 11 is 0. The maximum Gasteiger partial charge on any atom is 0.131 e. The Balaban J connectivity index is 2.46. The van der Waals surface area contributed by atoms with Crippen LogP contribution in [0.25, 0.3) is 5.52 Å². The van der Waals surface area contributed by atoms with E-state index in [1.54, 1.807) is 4.52 Å². The standard InChI is InChI=1S/C14H14FN3/c1-8-4-10-5-11(15)12-9(7-16)6-14(2,3)13(12)18(10)17-8/h4-5,9H,6H2,1-3H3. The summed E-state index contributed by atoms with van der Waals surface area (Å²) in [4.78, 5) is 0. The van der Waals surface area contributed by atoms with Crippen LogP contribution >= 0.6 is 0 Å². The molecule has 0 saturated carbocycles. The van der Waals surface area contributed by atoms with Gasteiger partial charge in [-0.05, 0) is 19.4 Å². The van der Waals surface area contributed by atoms with Gasteiger partial charge in [-0.15, -0.1) is 0 Å². The molecule has 0 aromatic carbocycles. The highest BCUT2D eigenvalue weighted by atomic mass is 19.1. The molecule has 1 unspecified atom stereocenters. The van der Waals surface area contributed by atoms with E-state index in [9.17, 15) is 9.65 Å². The lowest BCUT2D eigenvalue weighted by atomic mass is 9.89. The SMILES string of the molecule is Cc1cc2cc(F)c3c(n2n1)C(C)(C)CC3C#N. The molecule has 0 N–H and O–H groups in total. The Hall–Kier alpha value is -1.89. The summed E-state index contributed by atoms with van der Waals surface area (Å²) in [7, 11) is 0. The fraction of sp³-hybridized carbons (Fsp3) is 0.429. The van der Waals surface area contributed by atoms with Crippen molar-refractivity contribution in [3.8, 4) is 6.07 Å². The van der Waals surface area contributed by atoms with Crippen molar-refractivity contribution in [2.24, 2.45) is 0 Å². The maximum atomic E-state index is 14.2. The van der Waals surface area contributed by atoms with Gasteiger partial charge in [0, 0.05) is 17.0 Å². The molecular formula is C14H14FN3. The molecule has 2 aromatic rings. The molecule has 0 spiro atoms. The molecule has 1 aliphatic carbocycles. The highest BCUT2D eigenvalue weighted by molar-refractivity contribution is 5.55. The number of halogens is 1. The van der Waals surface area contributed by atoms with E-state index in [2.05, 4.69) is 11.2 Å². The molecule has 3 nitrogen and oxygen atoms in total. The lowest BCUT2D eigenvalue weighted by Crippen LogP contribution is -2.17. The van der Waals surface area contributed by atoms with Crippen molar-refractivity contribution in [2.75, 3.05) is 0 Å². The second kappa shape index (κ2) is 3.32. The van der Waals surface area contributed by atoms with Crippen LogP contribution in [0.2, 0.25) is 0 Å². The van der Waals surface area contributed by atoms with Crippen molar-refractivity contribution in [1.29, 1.82) is 5.26 Å². The Kier molecular flexibility index (Phi) is 2.07.